The molecule has 0 bridgehead atoms. The quantitative estimate of drug-likeness (QED) is 0.684. The average Bonchev–Trinajstić information content (AvgIpc) is 3.09. The lowest BCUT2D eigenvalue weighted by atomic mass is 10.0. The van der Waals surface area contributed by atoms with Crippen LogP contribution in [-0.4, -0.2) is 52.2 Å². The van der Waals surface area contributed by atoms with E-state index in [-0.39, 0.29) is 17.2 Å². The number of nitrogens with one attached hydrogen (secondary N) is 1. The van der Waals surface area contributed by atoms with Crippen molar-refractivity contribution in [2.75, 3.05) is 31.2 Å². The maximum absolute atomic E-state index is 12.8. The molecular formula is C20H29N5O2S. The number of amides is 1. The summed E-state index contributed by atoms with van der Waals surface area (Å²) in [5, 5.41) is 12.3. The summed E-state index contributed by atoms with van der Waals surface area (Å²) in [6, 6.07) is 10.2. The molecule has 1 amide bonds. The highest BCUT2D eigenvalue weighted by Crippen LogP contribution is 2.26. The Bertz CT molecular complexity index is 761. The highest BCUT2D eigenvalue weighted by Gasteiger charge is 2.24. The molecule has 0 radical (unpaired) electrons. The lowest BCUT2D eigenvalue weighted by Crippen LogP contribution is -2.37. The Hall–Kier alpha value is -2.06. The topological polar surface area (TPSA) is 72.3 Å². The van der Waals surface area contributed by atoms with Crippen LogP contribution in [0.2, 0.25) is 0 Å². The summed E-state index contributed by atoms with van der Waals surface area (Å²) in [5.74, 6) is 0.842. The Morgan fingerprint density at radius 2 is 1.96 bits per heavy atom. The summed E-state index contributed by atoms with van der Waals surface area (Å²) >= 11 is 1.44. The van der Waals surface area contributed by atoms with E-state index in [4.69, 9.17) is 4.74 Å². The van der Waals surface area contributed by atoms with Gasteiger partial charge < -0.3 is 15.0 Å². The van der Waals surface area contributed by atoms with E-state index in [1.54, 1.807) is 0 Å². The van der Waals surface area contributed by atoms with Crippen molar-refractivity contribution in [3.05, 3.63) is 35.9 Å². The number of benzene rings is 1. The summed E-state index contributed by atoms with van der Waals surface area (Å²) in [6.45, 7) is 7.06. The summed E-state index contributed by atoms with van der Waals surface area (Å²) in [4.78, 5) is 15.0. The molecule has 1 aliphatic heterocycles. The molecule has 1 saturated heterocycles. The molecule has 1 aromatic heterocycles. The molecule has 1 aliphatic rings. The first kappa shape index (κ1) is 20.7. The zero-order chi connectivity index (χ0) is 19.9. The molecule has 1 fully saturated rings. The lowest BCUT2D eigenvalue weighted by molar-refractivity contribution is -0.121. The molecule has 8 heteroatoms. The molecule has 0 aliphatic carbocycles. The number of anilines is 1. The SMILES string of the molecule is CCCC(NC(=O)C(C)Sc1nnc(N2CCOCC2)n1C)c1ccccc1. The van der Waals surface area contributed by atoms with E-state index >= 15 is 0 Å². The Morgan fingerprint density at radius 3 is 2.64 bits per heavy atom. The third-order valence-electron chi connectivity index (χ3n) is 4.85. The fourth-order valence-electron chi connectivity index (χ4n) is 3.25. The second-order valence-corrected chi connectivity index (χ2v) is 8.27. The van der Waals surface area contributed by atoms with Gasteiger partial charge in [-0.2, -0.15) is 0 Å². The molecule has 2 atom stereocenters. The molecule has 2 unspecified atom stereocenters. The van der Waals surface area contributed by atoms with Gasteiger partial charge in [0.15, 0.2) is 5.16 Å². The van der Waals surface area contributed by atoms with Crippen LogP contribution in [0.5, 0.6) is 0 Å². The van der Waals surface area contributed by atoms with Gasteiger partial charge in [-0.1, -0.05) is 55.4 Å². The molecule has 2 heterocycles. The van der Waals surface area contributed by atoms with Crippen molar-refractivity contribution < 1.29 is 9.53 Å². The van der Waals surface area contributed by atoms with Crippen molar-refractivity contribution in [3.8, 4) is 0 Å². The molecule has 2 aromatic rings. The van der Waals surface area contributed by atoms with E-state index < -0.39 is 0 Å². The van der Waals surface area contributed by atoms with Crippen molar-refractivity contribution in [3.63, 3.8) is 0 Å². The first-order chi connectivity index (χ1) is 13.6. The predicted octanol–water partition coefficient (Wildman–Crippen LogP) is 2.79. The van der Waals surface area contributed by atoms with Gasteiger partial charge in [-0.3, -0.25) is 9.36 Å². The third kappa shape index (κ3) is 5.05. The molecule has 0 spiro atoms. The van der Waals surface area contributed by atoms with Crippen LogP contribution >= 0.6 is 11.8 Å². The zero-order valence-corrected chi connectivity index (χ0v) is 17.6. The second-order valence-electron chi connectivity index (χ2n) is 6.96. The summed E-state index contributed by atoms with van der Waals surface area (Å²) in [5.41, 5.74) is 1.14. The van der Waals surface area contributed by atoms with E-state index in [1.165, 1.54) is 11.8 Å². The largest absolute Gasteiger partial charge is 0.378 e. The fraction of sp³-hybridized carbons (Fsp3) is 0.550. The van der Waals surface area contributed by atoms with Crippen molar-refractivity contribution in [1.82, 2.24) is 20.1 Å². The molecular weight excluding hydrogens is 374 g/mol. The summed E-state index contributed by atoms with van der Waals surface area (Å²) in [6.07, 6.45) is 1.92. The minimum atomic E-state index is -0.261. The Morgan fingerprint density at radius 1 is 1.25 bits per heavy atom. The number of nitrogens with zero attached hydrogens (tertiary/aromatic N) is 4. The fourth-order valence-corrected chi connectivity index (χ4v) is 4.06. The molecule has 1 aromatic carbocycles. The van der Waals surface area contributed by atoms with Crippen molar-refractivity contribution in [2.24, 2.45) is 7.05 Å². The van der Waals surface area contributed by atoms with Crippen molar-refractivity contribution >= 4 is 23.6 Å². The molecule has 1 N–H and O–H groups in total. The second kappa shape index (κ2) is 9.93. The highest BCUT2D eigenvalue weighted by atomic mass is 32.2. The van der Waals surface area contributed by atoms with E-state index in [0.717, 1.165) is 42.6 Å². The van der Waals surface area contributed by atoms with Crippen LogP contribution in [0.1, 0.15) is 38.3 Å². The van der Waals surface area contributed by atoms with Crippen LogP contribution in [0.3, 0.4) is 0 Å². The van der Waals surface area contributed by atoms with E-state index in [0.29, 0.717) is 13.2 Å². The minimum absolute atomic E-state index is 0.0169. The number of carbonyl (C=O) groups is 1. The number of aromatic nitrogens is 3. The van der Waals surface area contributed by atoms with Gasteiger partial charge in [-0.05, 0) is 18.9 Å². The Labute approximate surface area is 170 Å². The van der Waals surface area contributed by atoms with E-state index in [2.05, 4.69) is 39.5 Å². The molecule has 7 nitrogen and oxygen atoms in total. The summed E-state index contributed by atoms with van der Waals surface area (Å²) in [7, 11) is 1.95. The van der Waals surface area contributed by atoms with Crippen LogP contribution in [0.25, 0.3) is 0 Å². The van der Waals surface area contributed by atoms with Gasteiger partial charge in [0.25, 0.3) is 0 Å². The molecule has 28 heavy (non-hydrogen) atoms. The number of morpholine rings is 1. The van der Waals surface area contributed by atoms with Gasteiger partial charge in [0.2, 0.25) is 11.9 Å². The van der Waals surface area contributed by atoms with Crippen molar-refractivity contribution in [2.45, 2.75) is 43.1 Å². The maximum Gasteiger partial charge on any atom is 0.233 e. The first-order valence-corrected chi connectivity index (χ1v) is 10.7. The van der Waals surface area contributed by atoms with Gasteiger partial charge in [-0.15, -0.1) is 10.2 Å². The van der Waals surface area contributed by atoms with Gasteiger partial charge >= 0.3 is 0 Å². The number of hydrogen-bond acceptors (Lipinski definition) is 6. The Balaban J connectivity index is 1.63. The number of rotatable bonds is 8. The van der Waals surface area contributed by atoms with Gasteiger partial charge in [0.1, 0.15) is 0 Å². The monoisotopic (exact) mass is 403 g/mol. The normalized spacial score (nSPS) is 16.6. The number of carbonyl (C=O) groups excluding carboxylic acids is 1. The summed E-state index contributed by atoms with van der Waals surface area (Å²) < 4.78 is 7.36. The third-order valence-corrected chi connectivity index (χ3v) is 5.99. The van der Waals surface area contributed by atoms with Gasteiger partial charge in [0, 0.05) is 20.1 Å². The first-order valence-electron chi connectivity index (χ1n) is 9.84. The van der Waals surface area contributed by atoms with Gasteiger partial charge in [0.05, 0.1) is 24.5 Å². The number of thioether (sulfide) groups is 1. The average molecular weight is 404 g/mol. The van der Waals surface area contributed by atoms with Crippen LogP contribution in [0.15, 0.2) is 35.5 Å². The molecule has 3 rings (SSSR count). The van der Waals surface area contributed by atoms with E-state index in [1.807, 2.05) is 36.7 Å². The standard InChI is InChI=1S/C20H29N5O2S/c1-4-8-17(16-9-6-5-7-10-16)21-18(26)15(2)28-20-23-22-19(24(20)3)25-11-13-27-14-12-25/h5-7,9-10,15,17H,4,8,11-14H2,1-3H3,(H,21,26). The van der Waals surface area contributed by atoms with Crippen molar-refractivity contribution in [1.29, 1.82) is 0 Å². The minimum Gasteiger partial charge on any atom is -0.378 e. The number of ether oxygens (including phenoxy) is 1. The maximum atomic E-state index is 12.8. The van der Waals surface area contributed by atoms with Crippen LogP contribution in [0.4, 0.5) is 5.95 Å². The molecule has 152 valence electrons. The highest BCUT2D eigenvalue weighted by molar-refractivity contribution is 8.00. The van der Waals surface area contributed by atoms with Crippen LogP contribution < -0.4 is 10.2 Å². The number of hydrogen-bond donors (Lipinski definition) is 1. The zero-order valence-electron chi connectivity index (χ0n) is 16.8. The van der Waals surface area contributed by atoms with E-state index in [9.17, 15) is 4.79 Å². The lowest BCUT2D eigenvalue weighted by Gasteiger charge is -2.27. The van der Waals surface area contributed by atoms with Crippen LogP contribution in [0, 0.1) is 0 Å². The van der Waals surface area contributed by atoms with Gasteiger partial charge in [-0.25, -0.2) is 0 Å². The molecule has 0 saturated carbocycles. The smallest absolute Gasteiger partial charge is 0.233 e. The Kier molecular flexibility index (Phi) is 7.33. The predicted molar refractivity (Wildman–Crippen MR) is 112 cm³/mol. The van der Waals surface area contributed by atoms with Crippen LogP contribution in [-0.2, 0) is 16.6 Å².